The first-order chi connectivity index (χ1) is 9.65. The van der Waals surface area contributed by atoms with Crippen LogP contribution < -0.4 is 5.32 Å². The van der Waals surface area contributed by atoms with Crippen LogP contribution in [0.25, 0.3) is 5.65 Å². The second-order valence-corrected chi connectivity index (χ2v) is 4.20. The van der Waals surface area contributed by atoms with Crippen molar-refractivity contribution in [3.8, 4) is 0 Å². The maximum atomic E-state index is 11.2. The predicted molar refractivity (Wildman–Crippen MR) is 72.2 cm³/mol. The molecule has 0 amide bonds. The van der Waals surface area contributed by atoms with Crippen molar-refractivity contribution in [2.75, 3.05) is 5.32 Å². The number of carboxylic acids is 1. The minimum absolute atomic E-state index is 0.0679. The molecule has 7 nitrogen and oxygen atoms in total. The summed E-state index contributed by atoms with van der Waals surface area (Å²) in [4.78, 5) is 19.3. The number of aryl methyl sites for hydroxylation is 1. The molecule has 0 radical (unpaired) electrons. The van der Waals surface area contributed by atoms with Crippen LogP contribution in [0.3, 0.4) is 0 Å². The zero-order chi connectivity index (χ0) is 14.1. The van der Waals surface area contributed by atoms with Gasteiger partial charge in [0, 0.05) is 18.1 Å². The number of carbonyl (C=O) groups is 1. The van der Waals surface area contributed by atoms with E-state index in [0.29, 0.717) is 17.2 Å². The first kappa shape index (κ1) is 12.1. The molecule has 0 spiro atoms. The van der Waals surface area contributed by atoms with E-state index in [9.17, 15) is 9.90 Å². The zero-order valence-electron chi connectivity index (χ0n) is 10.6. The van der Waals surface area contributed by atoms with Gasteiger partial charge in [0.25, 0.3) is 0 Å². The first-order valence-corrected chi connectivity index (χ1v) is 5.92. The van der Waals surface area contributed by atoms with Gasteiger partial charge in [-0.25, -0.2) is 14.3 Å². The number of fused-ring (bicyclic) bond motifs is 1. The number of imidazole rings is 1. The molecule has 0 bridgehead atoms. The lowest BCUT2D eigenvalue weighted by molar-refractivity contribution is 0.0687. The fourth-order valence-electron chi connectivity index (χ4n) is 1.94. The predicted octanol–water partition coefficient (Wildman–Crippen LogP) is 1.87. The summed E-state index contributed by atoms with van der Waals surface area (Å²) in [5, 5.41) is 16.5. The Morgan fingerprint density at radius 3 is 2.70 bits per heavy atom. The van der Waals surface area contributed by atoms with Crippen LogP contribution in [0, 0.1) is 6.92 Å². The Morgan fingerprint density at radius 1 is 1.25 bits per heavy atom. The van der Waals surface area contributed by atoms with E-state index in [1.54, 1.807) is 43.6 Å². The van der Waals surface area contributed by atoms with E-state index in [4.69, 9.17) is 0 Å². The number of aromatic carboxylic acids is 1. The van der Waals surface area contributed by atoms with Crippen LogP contribution >= 0.6 is 0 Å². The highest BCUT2D eigenvalue weighted by Crippen LogP contribution is 2.16. The molecule has 7 heteroatoms. The second kappa shape index (κ2) is 4.61. The van der Waals surface area contributed by atoms with E-state index < -0.39 is 5.97 Å². The quantitative estimate of drug-likeness (QED) is 0.754. The molecule has 3 rings (SSSR count). The Labute approximate surface area is 113 Å². The fourth-order valence-corrected chi connectivity index (χ4v) is 1.94. The summed E-state index contributed by atoms with van der Waals surface area (Å²) in [6.07, 6.45) is 3.32. The summed E-state index contributed by atoms with van der Waals surface area (Å²) in [6.45, 7) is 1.65. The lowest BCUT2D eigenvalue weighted by Gasteiger charge is -2.05. The van der Waals surface area contributed by atoms with Crippen LogP contribution in [0.4, 0.5) is 11.5 Å². The van der Waals surface area contributed by atoms with Crippen molar-refractivity contribution in [3.63, 3.8) is 0 Å². The number of hydrogen-bond donors (Lipinski definition) is 2. The zero-order valence-corrected chi connectivity index (χ0v) is 10.6. The standard InChI is InChI=1S/C13H11N5O2/c1-8-12(13(19)20)18-11(15-8)3-2-10(17-18)16-9-4-6-14-7-5-9/h2-7H,1H3,(H,19,20)(H,14,16,17). The molecule has 0 aliphatic rings. The SMILES string of the molecule is Cc1nc2ccc(Nc3ccncc3)nn2c1C(=O)O. The van der Waals surface area contributed by atoms with Crippen LogP contribution in [-0.2, 0) is 0 Å². The highest BCUT2D eigenvalue weighted by atomic mass is 16.4. The molecule has 0 unspecified atom stereocenters. The smallest absolute Gasteiger partial charge is 0.356 e. The van der Waals surface area contributed by atoms with Crippen molar-refractivity contribution in [1.82, 2.24) is 19.6 Å². The molecule has 3 aromatic heterocycles. The molecule has 3 heterocycles. The van der Waals surface area contributed by atoms with Crippen LogP contribution in [-0.4, -0.2) is 30.7 Å². The van der Waals surface area contributed by atoms with Gasteiger partial charge in [-0.15, -0.1) is 5.10 Å². The van der Waals surface area contributed by atoms with E-state index >= 15 is 0 Å². The van der Waals surface area contributed by atoms with Gasteiger partial charge in [-0.05, 0) is 31.2 Å². The molecule has 3 aromatic rings. The lowest BCUT2D eigenvalue weighted by Crippen LogP contribution is -2.07. The Hall–Kier alpha value is -2.96. The summed E-state index contributed by atoms with van der Waals surface area (Å²) in [7, 11) is 0. The van der Waals surface area contributed by atoms with Crippen LogP contribution in [0.2, 0.25) is 0 Å². The Bertz CT molecular complexity index is 782. The van der Waals surface area contributed by atoms with Crippen LogP contribution in [0.15, 0.2) is 36.7 Å². The van der Waals surface area contributed by atoms with Gasteiger partial charge in [0.2, 0.25) is 0 Å². The van der Waals surface area contributed by atoms with Gasteiger partial charge < -0.3 is 10.4 Å². The van der Waals surface area contributed by atoms with Crippen molar-refractivity contribution in [2.24, 2.45) is 0 Å². The third-order valence-corrected chi connectivity index (χ3v) is 2.81. The van der Waals surface area contributed by atoms with Gasteiger partial charge in [0.1, 0.15) is 0 Å². The number of nitrogens with zero attached hydrogens (tertiary/aromatic N) is 4. The molecule has 0 aliphatic carbocycles. The average molecular weight is 269 g/mol. The third kappa shape index (κ3) is 2.05. The van der Waals surface area contributed by atoms with Gasteiger partial charge >= 0.3 is 5.97 Å². The number of rotatable bonds is 3. The number of anilines is 2. The maximum Gasteiger partial charge on any atom is 0.356 e. The first-order valence-electron chi connectivity index (χ1n) is 5.92. The van der Waals surface area contributed by atoms with Crippen molar-refractivity contribution in [3.05, 3.63) is 48.0 Å². The maximum absolute atomic E-state index is 11.2. The van der Waals surface area contributed by atoms with E-state index in [1.807, 2.05) is 0 Å². The van der Waals surface area contributed by atoms with E-state index in [-0.39, 0.29) is 5.69 Å². The molecular weight excluding hydrogens is 258 g/mol. The monoisotopic (exact) mass is 269 g/mol. The van der Waals surface area contributed by atoms with Crippen molar-refractivity contribution < 1.29 is 9.90 Å². The van der Waals surface area contributed by atoms with Gasteiger partial charge in [-0.2, -0.15) is 0 Å². The number of pyridine rings is 1. The minimum atomic E-state index is -1.05. The largest absolute Gasteiger partial charge is 0.476 e. The van der Waals surface area contributed by atoms with E-state index in [2.05, 4.69) is 20.4 Å². The molecule has 20 heavy (non-hydrogen) atoms. The number of aromatic nitrogens is 4. The van der Waals surface area contributed by atoms with Crippen molar-refractivity contribution >= 4 is 23.1 Å². The third-order valence-electron chi connectivity index (χ3n) is 2.81. The Morgan fingerprint density at radius 2 is 2.00 bits per heavy atom. The molecule has 2 N–H and O–H groups in total. The summed E-state index contributed by atoms with van der Waals surface area (Å²) in [6, 6.07) is 7.05. The van der Waals surface area contributed by atoms with Crippen LogP contribution in [0.5, 0.6) is 0 Å². The Kier molecular flexibility index (Phi) is 2.79. The molecule has 0 fully saturated rings. The van der Waals surface area contributed by atoms with Gasteiger partial charge in [-0.3, -0.25) is 4.98 Å². The minimum Gasteiger partial charge on any atom is -0.476 e. The number of hydrogen-bond acceptors (Lipinski definition) is 5. The molecule has 0 aliphatic heterocycles. The summed E-state index contributed by atoms with van der Waals surface area (Å²) >= 11 is 0. The average Bonchev–Trinajstić information content (AvgIpc) is 2.75. The molecule has 0 atom stereocenters. The van der Waals surface area contributed by atoms with Gasteiger partial charge in [0.05, 0.1) is 5.69 Å². The summed E-state index contributed by atoms with van der Waals surface area (Å²) < 4.78 is 1.32. The highest BCUT2D eigenvalue weighted by molar-refractivity contribution is 5.88. The lowest BCUT2D eigenvalue weighted by atomic mass is 10.3. The van der Waals surface area contributed by atoms with E-state index in [0.717, 1.165) is 5.69 Å². The molecule has 0 saturated heterocycles. The number of nitrogens with one attached hydrogen (secondary N) is 1. The topological polar surface area (TPSA) is 92.4 Å². The normalized spacial score (nSPS) is 10.7. The van der Waals surface area contributed by atoms with Gasteiger partial charge in [0.15, 0.2) is 17.2 Å². The summed E-state index contributed by atoms with van der Waals surface area (Å²) in [5.74, 6) is -0.521. The fraction of sp³-hybridized carbons (Fsp3) is 0.0769. The number of carboxylic acid groups (broad SMARTS) is 1. The van der Waals surface area contributed by atoms with Gasteiger partial charge in [-0.1, -0.05) is 0 Å². The van der Waals surface area contributed by atoms with Crippen molar-refractivity contribution in [1.29, 1.82) is 0 Å². The Balaban J connectivity index is 2.06. The summed E-state index contributed by atoms with van der Waals surface area (Å²) in [5.41, 5.74) is 1.82. The van der Waals surface area contributed by atoms with Crippen molar-refractivity contribution in [2.45, 2.75) is 6.92 Å². The molecular formula is C13H11N5O2. The molecule has 0 aromatic carbocycles. The van der Waals surface area contributed by atoms with Crippen LogP contribution in [0.1, 0.15) is 16.2 Å². The molecule has 0 saturated carbocycles. The highest BCUT2D eigenvalue weighted by Gasteiger charge is 2.16. The molecule has 100 valence electrons. The second-order valence-electron chi connectivity index (χ2n) is 4.20. The van der Waals surface area contributed by atoms with E-state index in [1.165, 1.54) is 4.52 Å².